The van der Waals surface area contributed by atoms with Crippen LogP contribution in [0.2, 0.25) is 5.02 Å². The third kappa shape index (κ3) is 6.07. The van der Waals surface area contributed by atoms with Gasteiger partial charge in [-0.1, -0.05) is 67.3 Å². The van der Waals surface area contributed by atoms with Crippen LogP contribution in [0.3, 0.4) is 0 Å². The van der Waals surface area contributed by atoms with E-state index in [9.17, 15) is 14.0 Å². The number of carbonyl (C=O) groups excluding carboxylic acids is 2. The molecule has 1 atom stereocenters. The second-order valence-electron chi connectivity index (χ2n) is 8.30. The minimum atomic E-state index is -0.625. The van der Waals surface area contributed by atoms with Crippen LogP contribution in [0.15, 0.2) is 42.5 Å². The number of halogens is 2. The highest BCUT2D eigenvalue weighted by atomic mass is 35.5. The standard InChI is InChI=1S/C25H30ClFN2O2/c1-3-23(25(31)28-19-7-4-5-8-19)29(16-18-13-11-17(2)12-14-18)24(30)15-20-21(26)9-6-10-22(20)27/h6,9-14,19,23H,3-5,7-8,15-16H2,1-2H3,(H,28,31)/t23-/m0/s1. The lowest BCUT2D eigenvalue weighted by Gasteiger charge is -2.31. The van der Waals surface area contributed by atoms with Crippen LogP contribution in [-0.2, 0) is 22.6 Å². The lowest BCUT2D eigenvalue weighted by molar-refractivity contribution is -0.141. The molecule has 1 aliphatic carbocycles. The molecule has 0 saturated heterocycles. The van der Waals surface area contributed by atoms with E-state index < -0.39 is 11.9 Å². The highest BCUT2D eigenvalue weighted by molar-refractivity contribution is 6.31. The monoisotopic (exact) mass is 444 g/mol. The Morgan fingerprint density at radius 1 is 1.16 bits per heavy atom. The summed E-state index contributed by atoms with van der Waals surface area (Å²) in [6.45, 7) is 4.17. The second kappa shape index (κ2) is 10.8. The lowest BCUT2D eigenvalue weighted by atomic mass is 10.0. The van der Waals surface area contributed by atoms with Gasteiger partial charge in [-0.25, -0.2) is 4.39 Å². The zero-order valence-corrected chi connectivity index (χ0v) is 18.9. The Balaban J connectivity index is 1.85. The number of hydrogen-bond acceptors (Lipinski definition) is 2. The van der Waals surface area contributed by atoms with Gasteiger partial charge < -0.3 is 10.2 Å². The van der Waals surface area contributed by atoms with E-state index in [1.54, 1.807) is 11.0 Å². The van der Waals surface area contributed by atoms with E-state index in [1.807, 2.05) is 38.1 Å². The fourth-order valence-electron chi connectivity index (χ4n) is 4.13. The molecule has 166 valence electrons. The van der Waals surface area contributed by atoms with Gasteiger partial charge in [0.2, 0.25) is 11.8 Å². The summed E-state index contributed by atoms with van der Waals surface area (Å²) in [6.07, 6.45) is 4.45. The van der Waals surface area contributed by atoms with Crippen LogP contribution in [0.1, 0.15) is 55.7 Å². The molecule has 1 aliphatic rings. The molecule has 3 rings (SSSR count). The maximum Gasteiger partial charge on any atom is 0.243 e. The van der Waals surface area contributed by atoms with Crippen molar-refractivity contribution in [1.29, 1.82) is 0 Å². The molecule has 6 heteroatoms. The van der Waals surface area contributed by atoms with Gasteiger partial charge in [0.15, 0.2) is 0 Å². The Morgan fingerprint density at radius 3 is 2.45 bits per heavy atom. The lowest BCUT2D eigenvalue weighted by Crippen LogP contribution is -2.51. The van der Waals surface area contributed by atoms with Gasteiger partial charge in [0.05, 0.1) is 6.42 Å². The summed E-state index contributed by atoms with van der Waals surface area (Å²) in [5, 5.41) is 3.33. The van der Waals surface area contributed by atoms with Gasteiger partial charge >= 0.3 is 0 Å². The van der Waals surface area contributed by atoms with Crippen molar-refractivity contribution in [1.82, 2.24) is 10.2 Å². The Kier molecular flexibility index (Phi) is 8.08. The maximum absolute atomic E-state index is 14.3. The van der Waals surface area contributed by atoms with Gasteiger partial charge in [-0.15, -0.1) is 0 Å². The molecule has 31 heavy (non-hydrogen) atoms. The van der Waals surface area contributed by atoms with Crippen molar-refractivity contribution in [3.05, 3.63) is 70.0 Å². The Labute approximate surface area is 188 Å². The largest absolute Gasteiger partial charge is 0.352 e. The first-order chi connectivity index (χ1) is 14.9. The third-order valence-corrected chi connectivity index (χ3v) is 6.30. The molecule has 1 saturated carbocycles. The van der Waals surface area contributed by atoms with Crippen LogP contribution in [-0.4, -0.2) is 28.8 Å². The summed E-state index contributed by atoms with van der Waals surface area (Å²) in [7, 11) is 0. The molecule has 4 nitrogen and oxygen atoms in total. The number of nitrogens with zero attached hydrogens (tertiary/aromatic N) is 1. The molecular weight excluding hydrogens is 415 g/mol. The van der Waals surface area contributed by atoms with Gasteiger partial charge in [-0.2, -0.15) is 0 Å². The van der Waals surface area contributed by atoms with Crippen molar-refractivity contribution in [2.75, 3.05) is 0 Å². The molecule has 2 amide bonds. The van der Waals surface area contributed by atoms with Crippen LogP contribution >= 0.6 is 11.6 Å². The van der Waals surface area contributed by atoms with Gasteiger partial charge in [-0.3, -0.25) is 9.59 Å². The Hall–Kier alpha value is -2.40. The number of hydrogen-bond donors (Lipinski definition) is 1. The first kappa shape index (κ1) is 23.3. The summed E-state index contributed by atoms with van der Waals surface area (Å²) in [4.78, 5) is 28.0. The van der Waals surface area contributed by atoms with E-state index in [1.165, 1.54) is 12.1 Å². The number of aryl methyl sites for hydroxylation is 1. The van der Waals surface area contributed by atoms with Crippen molar-refractivity contribution < 1.29 is 14.0 Å². The highest BCUT2D eigenvalue weighted by Gasteiger charge is 2.31. The molecule has 2 aromatic rings. The smallest absolute Gasteiger partial charge is 0.243 e. The van der Waals surface area contributed by atoms with Crippen LogP contribution in [0.25, 0.3) is 0 Å². The predicted molar refractivity (Wildman–Crippen MR) is 121 cm³/mol. The summed E-state index contributed by atoms with van der Waals surface area (Å²) in [5.74, 6) is -0.977. The van der Waals surface area contributed by atoms with E-state index in [4.69, 9.17) is 11.6 Å². The average molecular weight is 445 g/mol. The zero-order chi connectivity index (χ0) is 22.4. The average Bonchev–Trinajstić information content (AvgIpc) is 3.25. The summed E-state index contributed by atoms with van der Waals surface area (Å²) in [5.41, 5.74) is 2.20. The Bertz CT molecular complexity index is 890. The first-order valence-corrected chi connectivity index (χ1v) is 11.3. The number of rotatable bonds is 8. The molecule has 0 unspecified atom stereocenters. The molecule has 0 aromatic heterocycles. The molecule has 0 radical (unpaired) electrons. The minimum absolute atomic E-state index is 0.144. The van der Waals surface area contributed by atoms with Crippen molar-refractivity contribution in [3.63, 3.8) is 0 Å². The van der Waals surface area contributed by atoms with Gasteiger partial charge in [0.1, 0.15) is 11.9 Å². The SMILES string of the molecule is CC[C@@H](C(=O)NC1CCCC1)N(Cc1ccc(C)cc1)C(=O)Cc1c(F)cccc1Cl. The second-order valence-corrected chi connectivity index (χ2v) is 8.71. The van der Waals surface area contributed by atoms with Crippen LogP contribution in [0.5, 0.6) is 0 Å². The summed E-state index contributed by atoms with van der Waals surface area (Å²) >= 11 is 6.16. The number of nitrogens with one attached hydrogen (secondary N) is 1. The fourth-order valence-corrected chi connectivity index (χ4v) is 4.36. The molecule has 1 N–H and O–H groups in total. The molecule has 0 bridgehead atoms. The van der Waals surface area contributed by atoms with Crippen molar-refractivity contribution >= 4 is 23.4 Å². The predicted octanol–water partition coefficient (Wildman–Crippen LogP) is 5.20. The number of benzene rings is 2. The Morgan fingerprint density at radius 2 is 1.84 bits per heavy atom. The van der Waals surface area contributed by atoms with Gasteiger partial charge in [0, 0.05) is 23.2 Å². The maximum atomic E-state index is 14.3. The number of amides is 2. The minimum Gasteiger partial charge on any atom is -0.352 e. The normalized spacial score (nSPS) is 15.0. The van der Waals surface area contributed by atoms with Crippen molar-refractivity contribution in [2.24, 2.45) is 0 Å². The van der Waals surface area contributed by atoms with Crippen LogP contribution in [0, 0.1) is 12.7 Å². The number of carbonyl (C=O) groups is 2. The quantitative estimate of drug-likeness (QED) is 0.608. The van der Waals surface area contributed by atoms with E-state index in [2.05, 4.69) is 5.32 Å². The molecule has 2 aromatic carbocycles. The molecule has 0 aliphatic heterocycles. The fraction of sp³-hybridized carbons (Fsp3) is 0.440. The summed E-state index contributed by atoms with van der Waals surface area (Å²) in [6, 6.07) is 11.8. The van der Waals surface area contributed by atoms with Crippen molar-refractivity contribution in [3.8, 4) is 0 Å². The van der Waals surface area contributed by atoms with Gasteiger partial charge in [0.25, 0.3) is 0 Å². The molecular formula is C25H30ClFN2O2. The molecule has 0 heterocycles. The first-order valence-electron chi connectivity index (χ1n) is 11.0. The van der Waals surface area contributed by atoms with Crippen LogP contribution in [0.4, 0.5) is 4.39 Å². The van der Waals surface area contributed by atoms with Crippen LogP contribution < -0.4 is 5.32 Å². The summed E-state index contributed by atoms with van der Waals surface area (Å²) < 4.78 is 14.3. The topological polar surface area (TPSA) is 49.4 Å². The van der Waals surface area contributed by atoms with Crippen molar-refractivity contribution in [2.45, 2.75) is 71.0 Å². The van der Waals surface area contributed by atoms with E-state index in [-0.39, 0.29) is 41.4 Å². The van der Waals surface area contributed by atoms with E-state index in [0.717, 1.165) is 36.8 Å². The highest BCUT2D eigenvalue weighted by Crippen LogP contribution is 2.23. The van der Waals surface area contributed by atoms with E-state index >= 15 is 0 Å². The molecule has 1 fully saturated rings. The molecule has 0 spiro atoms. The van der Waals surface area contributed by atoms with Gasteiger partial charge in [-0.05, 0) is 43.9 Å². The zero-order valence-electron chi connectivity index (χ0n) is 18.2. The van der Waals surface area contributed by atoms with E-state index in [0.29, 0.717) is 6.42 Å². The third-order valence-electron chi connectivity index (χ3n) is 5.95.